The van der Waals surface area contributed by atoms with Crippen LogP contribution in [0, 0.1) is 0 Å². The Kier molecular flexibility index (Phi) is 7.67. The number of hydrogen-bond acceptors (Lipinski definition) is 7. The molecule has 2 aliphatic rings. The zero-order valence-electron chi connectivity index (χ0n) is 24.2. The molecule has 8 nitrogen and oxygen atoms in total. The molecule has 0 saturated carbocycles. The van der Waals surface area contributed by atoms with E-state index in [-0.39, 0.29) is 13.6 Å². The van der Waals surface area contributed by atoms with Gasteiger partial charge in [0.05, 0.1) is 11.4 Å². The number of benzene rings is 3. The molecule has 0 aliphatic carbocycles. The molecule has 218 valence electrons. The number of nitrogens with zero attached hydrogens (tertiary/aromatic N) is 4. The highest BCUT2D eigenvalue weighted by Gasteiger charge is 2.24. The predicted octanol–water partition coefficient (Wildman–Crippen LogP) is 7.07. The number of aromatic nitrogens is 3. The summed E-state index contributed by atoms with van der Waals surface area (Å²) in [7, 11) is 0. The fourth-order valence-electron chi connectivity index (χ4n) is 5.72. The first-order chi connectivity index (χ1) is 21.2. The Morgan fingerprint density at radius 1 is 0.721 bits per heavy atom. The van der Waals surface area contributed by atoms with Crippen LogP contribution in [0.25, 0.3) is 22.6 Å². The van der Waals surface area contributed by atoms with Gasteiger partial charge in [-0.15, -0.1) is 0 Å². The lowest BCUT2D eigenvalue weighted by molar-refractivity contribution is 0.173. The minimum Gasteiger partial charge on any atom is -0.454 e. The highest BCUT2D eigenvalue weighted by atomic mass is 16.7. The fraction of sp³-hybridized carbons (Fsp3) is 0.257. The van der Waals surface area contributed by atoms with Crippen LogP contribution in [0.1, 0.15) is 36.6 Å². The van der Waals surface area contributed by atoms with Gasteiger partial charge in [-0.2, -0.15) is 0 Å². The number of unbranched alkanes of at least 4 members (excludes halogenated alkanes) is 1. The van der Waals surface area contributed by atoms with E-state index in [0.29, 0.717) is 19.6 Å². The molecule has 3 aromatic carbocycles. The summed E-state index contributed by atoms with van der Waals surface area (Å²) in [5, 5.41) is 0. The Bertz CT molecular complexity index is 1650. The average molecular weight is 575 g/mol. The average Bonchev–Trinajstić information content (AvgIpc) is 3.79. The van der Waals surface area contributed by atoms with Crippen molar-refractivity contribution >= 4 is 0 Å². The summed E-state index contributed by atoms with van der Waals surface area (Å²) >= 11 is 0. The maximum absolute atomic E-state index is 5.71. The van der Waals surface area contributed by atoms with E-state index >= 15 is 0 Å². The van der Waals surface area contributed by atoms with Crippen molar-refractivity contribution in [2.75, 3.05) is 13.6 Å². The molecule has 5 aromatic rings. The van der Waals surface area contributed by atoms with E-state index < -0.39 is 0 Å². The van der Waals surface area contributed by atoms with Crippen LogP contribution in [0.15, 0.2) is 91.3 Å². The predicted molar refractivity (Wildman–Crippen MR) is 164 cm³/mol. The number of fused-ring (bicyclic) bond motifs is 2. The van der Waals surface area contributed by atoms with E-state index in [4.69, 9.17) is 23.9 Å². The Morgan fingerprint density at radius 3 is 2.00 bits per heavy atom. The monoisotopic (exact) mass is 574 g/mol. The zero-order chi connectivity index (χ0) is 29.0. The molecule has 0 unspecified atom stereocenters. The van der Waals surface area contributed by atoms with Gasteiger partial charge >= 0.3 is 0 Å². The summed E-state index contributed by atoms with van der Waals surface area (Å²) in [6.07, 6.45) is 5.86. The number of pyridine rings is 1. The molecule has 0 amide bonds. The normalized spacial score (nSPS) is 13.2. The topological polar surface area (TPSA) is 70.9 Å². The summed E-state index contributed by atoms with van der Waals surface area (Å²) in [4.78, 5) is 12.2. The van der Waals surface area contributed by atoms with Crippen LogP contribution in [0.2, 0.25) is 0 Å². The van der Waals surface area contributed by atoms with Gasteiger partial charge in [0.25, 0.3) is 0 Å². The lowest BCUT2D eigenvalue weighted by Crippen LogP contribution is -2.24. The van der Waals surface area contributed by atoms with Crippen molar-refractivity contribution in [2.45, 2.75) is 45.9 Å². The Labute approximate surface area is 251 Å². The van der Waals surface area contributed by atoms with Crippen molar-refractivity contribution < 1.29 is 18.9 Å². The first-order valence-corrected chi connectivity index (χ1v) is 14.8. The second-order valence-electron chi connectivity index (χ2n) is 10.9. The van der Waals surface area contributed by atoms with Gasteiger partial charge in [-0.25, -0.2) is 4.98 Å². The maximum Gasteiger partial charge on any atom is 0.231 e. The smallest absolute Gasteiger partial charge is 0.231 e. The first kappa shape index (κ1) is 27.0. The Hall–Kier alpha value is -4.82. The second kappa shape index (κ2) is 12.2. The second-order valence-corrected chi connectivity index (χ2v) is 10.9. The SMILES string of the molecule is CCCCn1c(-c2ccccc2)nc(-c2cccnc2)c1CN(Cc1ccc2c(c1)OCO2)Cc1ccc2c(c1)OCO2. The minimum absolute atomic E-state index is 0.257. The summed E-state index contributed by atoms with van der Waals surface area (Å²) in [6, 6.07) is 26.9. The number of imidazole rings is 1. The van der Waals surface area contributed by atoms with Crippen LogP contribution in [-0.4, -0.2) is 33.0 Å². The summed E-state index contributed by atoms with van der Waals surface area (Å²) in [6.45, 7) is 5.71. The Balaban J connectivity index is 1.31. The van der Waals surface area contributed by atoms with Crippen molar-refractivity contribution in [3.8, 4) is 45.6 Å². The largest absolute Gasteiger partial charge is 0.454 e. The van der Waals surface area contributed by atoms with E-state index in [9.17, 15) is 0 Å². The van der Waals surface area contributed by atoms with Crippen molar-refractivity contribution in [3.63, 3.8) is 0 Å². The van der Waals surface area contributed by atoms with Gasteiger partial charge in [-0.05, 0) is 53.9 Å². The third kappa shape index (κ3) is 5.79. The molecular weight excluding hydrogens is 540 g/mol. The van der Waals surface area contributed by atoms with Crippen LogP contribution in [-0.2, 0) is 26.2 Å². The van der Waals surface area contributed by atoms with E-state index in [1.807, 2.05) is 30.5 Å². The van der Waals surface area contributed by atoms with Crippen LogP contribution >= 0.6 is 0 Å². The van der Waals surface area contributed by atoms with Crippen LogP contribution in [0.5, 0.6) is 23.0 Å². The first-order valence-electron chi connectivity index (χ1n) is 14.8. The molecule has 0 bridgehead atoms. The van der Waals surface area contributed by atoms with E-state index in [1.54, 1.807) is 6.20 Å². The lowest BCUT2D eigenvalue weighted by atomic mass is 10.1. The highest BCUT2D eigenvalue weighted by Crippen LogP contribution is 2.36. The zero-order valence-corrected chi connectivity index (χ0v) is 24.2. The van der Waals surface area contributed by atoms with Gasteiger partial charge in [0.1, 0.15) is 5.82 Å². The number of rotatable bonds is 11. The van der Waals surface area contributed by atoms with Gasteiger partial charge in [0.15, 0.2) is 23.0 Å². The maximum atomic E-state index is 5.71. The summed E-state index contributed by atoms with van der Waals surface area (Å²) in [5.41, 5.74) is 6.54. The van der Waals surface area contributed by atoms with E-state index in [2.05, 4.69) is 76.0 Å². The molecule has 0 N–H and O–H groups in total. The van der Waals surface area contributed by atoms with Gasteiger partial charge in [0.2, 0.25) is 13.6 Å². The standard InChI is InChI=1S/C35H34N4O4/c1-2-3-16-39-29(34(28-10-7-15-36-19-28)37-35(39)27-8-5-4-6-9-27)22-38(20-25-11-13-30-32(17-25)42-23-40-30)21-26-12-14-31-33(18-26)43-24-41-31/h4-15,17-19H,2-3,16,20-24H2,1H3. The molecule has 43 heavy (non-hydrogen) atoms. The molecular formula is C35H34N4O4. The third-order valence-electron chi connectivity index (χ3n) is 7.83. The molecule has 4 heterocycles. The van der Waals surface area contributed by atoms with Gasteiger partial charge in [-0.1, -0.05) is 55.8 Å². The van der Waals surface area contributed by atoms with Crippen molar-refractivity contribution in [1.29, 1.82) is 0 Å². The summed E-state index contributed by atoms with van der Waals surface area (Å²) in [5.74, 6) is 4.13. The van der Waals surface area contributed by atoms with Gasteiger partial charge < -0.3 is 23.5 Å². The van der Waals surface area contributed by atoms with Crippen LogP contribution in [0.4, 0.5) is 0 Å². The minimum atomic E-state index is 0.257. The third-order valence-corrected chi connectivity index (χ3v) is 7.83. The highest BCUT2D eigenvalue weighted by molar-refractivity contribution is 5.68. The van der Waals surface area contributed by atoms with Gasteiger partial charge in [-0.3, -0.25) is 9.88 Å². The van der Waals surface area contributed by atoms with Gasteiger partial charge in [0, 0.05) is 49.7 Å². The summed E-state index contributed by atoms with van der Waals surface area (Å²) < 4.78 is 25.0. The van der Waals surface area contributed by atoms with E-state index in [1.165, 1.54) is 5.69 Å². The lowest BCUT2D eigenvalue weighted by Gasteiger charge is -2.25. The van der Waals surface area contributed by atoms with Crippen LogP contribution < -0.4 is 18.9 Å². The van der Waals surface area contributed by atoms with Crippen LogP contribution in [0.3, 0.4) is 0 Å². The van der Waals surface area contributed by atoms with E-state index in [0.717, 1.165) is 76.2 Å². The molecule has 2 aromatic heterocycles. The number of ether oxygens (including phenoxy) is 4. The van der Waals surface area contributed by atoms with Crippen molar-refractivity contribution in [1.82, 2.24) is 19.4 Å². The molecule has 7 rings (SSSR count). The molecule has 0 radical (unpaired) electrons. The quantitative estimate of drug-likeness (QED) is 0.167. The van der Waals surface area contributed by atoms with Crippen molar-refractivity contribution in [3.05, 3.63) is 108 Å². The molecule has 0 spiro atoms. The number of hydrogen-bond donors (Lipinski definition) is 0. The molecule has 8 heteroatoms. The molecule has 2 aliphatic heterocycles. The molecule has 0 atom stereocenters. The molecule has 0 fully saturated rings. The Morgan fingerprint density at radius 2 is 1.37 bits per heavy atom. The van der Waals surface area contributed by atoms with Crippen molar-refractivity contribution in [2.24, 2.45) is 0 Å². The molecule has 0 saturated heterocycles. The fourth-order valence-corrected chi connectivity index (χ4v) is 5.72.